The minimum Gasteiger partial charge on any atom is -0.497 e. The average molecular weight is 246 g/mol. The molecule has 5 heteroatoms. The molecule has 1 heterocycles. The molecule has 0 unspecified atom stereocenters. The molecule has 2 aromatic rings. The van der Waals surface area contributed by atoms with Crippen molar-refractivity contribution < 1.29 is 4.74 Å². The summed E-state index contributed by atoms with van der Waals surface area (Å²) in [6.45, 7) is 1.90. The van der Waals surface area contributed by atoms with Gasteiger partial charge in [-0.1, -0.05) is 6.07 Å². The Hall–Kier alpha value is -2.17. The lowest BCUT2D eigenvalue weighted by Crippen LogP contribution is -2.15. The number of aromatic nitrogens is 2. The minimum absolute atomic E-state index is 0.697. The molecule has 2 N–H and O–H groups in total. The Morgan fingerprint density at radius 1 is 1.39 bits per heavy atom. The first kappa shape index (κ1) is 12.3. The summed E-state index contributed by atoms with van der Waals surface area (Å²) in [6, 6.07) is 7.82. The standard InChI is InChI=1S/C13H18N4O/c1-9-12(14)13(17(3)15-9)16(2)10-6-5-7-11(8-10)18-4/h5-8H,14H2,1-4H3. The Morgan fingerprint density at radius 3 is 2.67 bits per heavy atom. The maximum absolute atomic E-state index is 6.06. The number of benzene rings is 1. The summed E-state index contributed by atoms with van der Waals surface area (Å²) >= 11 is 0. The van der Waals surface area contributed by atoms with Gasteiger partial charge in [0, 0.05) is 25.8 Å². The van der Waals surface area contributed by atoms with Crippen LogP contribution in [0.5, 0.6) is 5.75 Å². The zero-order valence-corrected chi connectivity index (χ0v) is 11.1. The number of ether oxygens (including phenoxy) is 1. The Balaban J connectivity index is 2.44. The minimum atomic E-state index is 0.697. The van der Waals surface area contributed by atoms with E-state index in [-0.39, 0.29) is 0 Å². The molecule has 0 aliphatic rings. The highest BCUT2D eigenvalue weighted by Crippen LogP contribution is 2.31. The molecule has 0 spiro atoms. The third-order valence-corrected chi connectivity index (χ3v) is 3.00. The van der Waals surface area contributed by atoms with Crippen molar-refractivity contribution in [2.45, 2.75) is 6.92 Å². The summed E-state index contributed by atoms with van der Waals surface area (Å²) < 4.78 is 7.01. The largest absolute Gasteiger partial charge is 0.497 e. The quantitative estimate of drug-likeness (QED) is 0.901. The molecule has 2 rings (SSSR count). The molecule has 1 aromatic heterocycles. The molecule has 0 fully saturated rings. The second-order valence-corrected chi connectivity index (χ2v) is 4.21. The van der Waals surface area contributed by atoms with Gasteiger partial charge in [0.05, 0.1) is 18.5 Å². The predicted octanol–water partition coefficient (Wildman–Crippen LogP) is 2.09. The molecule has 1 aromatic carbocycles. The van der Waals surface area contributed by atoms with Gasteiger partial charge in [0.1, 0.15) is 5.75 Å². The molecular formula is C13H18N4O. The lowest BCUT2D eigenvalue weighted by atomic mass is 10.2. The summed E-state index contributed by atoms with van der Waals surface area (Å²) in [5.74, 6) is 1.69. The van der Waals surface area contributed by atoms with Gasteiger partial charge in [-0.05, 0) is 19.1 Å². The average Bonchev–Trinajstić information content (AvgIpc) is 2.62. The summed E-state index contributed by atoms with van der Waals surface area (Å²) in [4.78, 5) is 2.00. The Kier molecular flexibility index (Phi) is 3.14. The highest BCUT2D eigenvalue weighted by Gasteiger charge is 2.15. The van der Waals surface area contributed by atoms with Crippen molar-refractivity contribution in [1.29, 1.82) is 0 Å². The van der Waals surface area contributed by atoms with Crippen molar-refractivity contribution in [3.05, 3.63) is 30.0 Å². The van der Waals surface area contributed by atoms with Gasteiger partial charge in [0.25, 0.3) is 0 Å². The number of rotatable bonds is 3. The number of nitrogens with two attached hydrogens (primary N) is 1. The summed E-state index contributed by atoms with van der Waals surface area (Å²) in [6.07, 6.45) is 0. The molecule has 0 aliphatic heterocycles. The van der Waals surface area contributed by atoms with Crippen molar-refractivity contribution in [3.8, 4) is 5.75 Å². The highest BCUT2D eigenvalue weighted by molar-refractivity contribution is 5.73. The van der Waals surface area contributed by atoms with Crippen LogP contribution in [0.2, 0.25) is 0 Å². The zero-order chi connectivity index (χ0) is 13.3. The normalized spacial score (nSPS) is 10.4. The second kappa shape index (κ2) is 4.60. The van der Waals surface area contributed by atoms with Crippen LogP contribution >= 0.6 is 0 Å². The van der Waals surface area contributed by atoms with E-state index in [1.807, 2.05) is 50.2 Å². The lowest BCUT2D eigenvalue weighted by molar-refractivity contribution is 0.415. The van der Waals surface area contributed by atoms with E-state index in [9.17, 15) is 0 Å². The monoisotopic (exact) mass is 246 g/mol. The smallest absolute Gasteiger partial charge is 0.154 e. The van der Waals surface area contributed by atoms with Gasteiger partial charge in [0.2, 0.25) is 0 Å². The predicted molar refractivity (Wildman–Crippen MR) is 73.4 cm³/mol. The van der Waals surface area contributed by atoms with Crippen LogP contribution in [0.4, 0.5) is 17.2 Å². The molecule has 0 saturated heterocycles. The lowest BCUT2D eigenvalue weighted by Gasteiger charge is -2.20. The van der Waals surface area contributed by atoms with E-state index in [2.05, 4.69) is 5.10 Å². The first-order chi connectivity index (χ1) is 8.54. The molecule has 18 heavy (non-hydrogen) atoms. The Labute approximate surface area is 107 Å². The van der Waals surface area contributed by atoms with Crippen LogP contribution in [-0.4, -0.2) is 23.9 Å². The van der Waals surface area contributed by atoms with Crippen molar-refractivity contribution in [3.63, 3.8) is 0 Å². The number of hydrogen-bond donors (Lipinski definition) is 1. The summed E-state index contributed by atoms with van der Waals surface area (Å²) in [5, 5.41) is 4.32. The highest BCUT2D eigenvalue weighted by atomic mass is 16.5. The van der Waals surface area contributed by atoms with Crippen LogP contribution in [0.25, 0.3) is 0 Å². The van der Waals surface area contributed by atoms with Crippen LogP contribution < -0.4 is 15.4 Å². The fourth-order valence-electron chi connectivity index (χ4n) is 2.00. The molecule has 0 saturated carbocycles. The Morgan fingerprint density at radius 2 is 2.11 bits per heavy atom. The first-order valence-corrected chi connectivity index (χ1v) is 5.71. The second-order valence-electron chi connectivity index (χ2n) is 4.21. The number of nitrogen functional groups attached to an aromatic ring is 1. The van der Waals surface area contributed by atoms with Gasteiger partial charge >= 0.3 is 0 Å². The van der Waals surface area contributed by atoms with Crippen LogP contribution in [0, 0.1) is 6.92 Å². The van der Waals surface area contributed by atoms with E-state index in [1.165, 1.54) is 0 Å². The zero-order valence-electron chi connectivity index (χ0n) is 11.1. The number of hydrogen-bond acceptors (Lipinski definition) is 4. The fourth-order valence-corrected chi connectivity index (χ4v) is 2.00. The molecule has 5 nitrogen and oxygen atoms in total. The van der Waals surface area contributed by atoms with Crippen molar-refractivity contribution in [1.82, 2.24) is 9.78 Å². The van der Waals surface area contributed by atoms with Crippen molar-refractivity contribution in [2.24, 2.45) is 7.05 Å². The molecule has 0 bridgehead atoms. The molecule has 96 valence electrons. The number of aryl methyl sites for hydroxylation is 2. The Bertz CT molecular complexity index is 562. The van der Waals surface area contributed by atoms with E-state index < -0.39 is 0 Å². The van der Waals surface area contributed by atoms with Gasteiger partial charge in [-0.2, -0.15) is 5.10 Å². The van der Waals surface area contributed by atoms with E-state index in [4.69, 9.17) is 10.5 Å². The molecular weight excluding hydrogens is 228 g/mol. The van der Waals surface area contributed by atoms with Crippen molar-refractivity contribution >= 4 is 17.2 Å². The van der Waals surface area contributed by atoms with Gasteiger partial charge in [-0.25, -0.2) is 0 Å². The van der Waals surface area contributed by atoms with Gasteiger partial charge in [-0.3, -0.25) is 4.68 Å². The van der Waals surface area contributed by atoms with E-state index in [0.29, 0.717) is 5.69 Å². The number of nitrogens with zero attached hydrogens (tertiary/aromatic N) is 3. The van der Waals surface area contributed by atoms with E-state index in [1.54, 1.807) is 11.8 Å². The van der Waals surface area contributed by atoms with Crippen LogP contribution in [0.15, 0.2) is 24.3 Å². The third kappa shape index (κ3) is 1.99. The molecule has 0 atom stereocenters. The summed E-state index contributed by atoms with van der Waals surface area (Å²) in [5.41, 5.74) is 8.59. The van der Waals surface area contributed by atoms with Gasteiger partial charge in [-0.15, -0.1) is 0 Å². The van der Waals surface area contributed by atoms with Crippen molar-refractivity contribution in [2.75, 3.05) is 24.8 Å². The maximum Gasteiger partial charge on any atom is 0.154 e. The topological polar surface area (TPSA) is 56.3 Å². The number of methoxy groups -OCH3 is 1. The molecule has 0 amide bonds. The van der Waals surface area contributed by atoms with Crippen LogP contribution in [0.1, 0.15) is 5.69 Å². The molecule has 0 radical (unpaired) electrons. The van der Waals surface area contributed by atoms with E-state index in [0.717, 1.165) is 22.9 Å². The van der Waals surface area contributed by atoms with E-state index >= 15 is 0 Å². The SMILES string of the molecule is COc1cccc(N(C)c2c(N)c(C)nn2C)c1. The first-order valence-electron chi connectivity index (χ1n) is 5.71. The number of anilines is 3. The summed E-state index contributed by atoms with van der Waals surface area (Å²) in [7, 11) is 5.50. The van der Waals surface area contributed by atoms with Crippen LogP contribution in [-0.2, 0) is 7.05 Å². The van der Waals surface area contributed by atoms with Crippen LogP contribution in [0.3, 0.4) is 0 Å². The fraction of sp³-hybridized carbons (Fsp3) is 0.308. The maximum atomic E-state index is 6.06. The van der Waals surface area contributed by atoms with Gasteiger partial charge in [0.15, 0.2) is 5.82 Å². The van der Waals surface area contributed by atoms with Gasteiger partial charge < -0.3 is 15.4 Å². The third-order valence-electron chi connectivity index (χ3n) is 3.00. The molecule has 0 aliphatic carbocycles.